The molecular formula is C16H21FIN3. The van der Waals surface area contributed by atoms with Crippen LogP contribution in [0.5, 0.6) is 0 Å². The summed E-state index contributed by atoms with van der Waals surface area (Å²) in [6.07, 6.45) is 4.82. The Morgan fingerprint density at radius 1 is 1.29 bits per heavy atom. The van der Waals surface area contributed by atoms with Crippen LogP contribution in [0.25, 0.3) is 0 Å². The largest absolute Gasteiger partial charge is 0.324 e. The van der Waals surface area contributed by atoms with E-state index in [9.17, 15) is 4.39 Å². The number of nitrogens with two attached hydrogens (primary N) is 1. The molecule has 114 valence electrons. The van der Waals surface area contributed by atoms with Crippen LogP contribution in [0, 0.1) is 9.39 Å². The molecule has 21 heavy (non-hydrogen) atoms. The first-order valence-electron chi connectivity index (χ1n) is 7.29. The van der Waals surface area contributed by atoms with E-state index in [1.165, 1.54) is 12.1 Å². The van der Waals surface area contributed by atoms with Gasteiger partial charge in [0.25, 0.3) is 0 Å². The summed E-state index contributed by atoms with van der Waals surface area (Å²) in [5.74, 6) is -0.228. The highest BCUT2D eigenvalue weighted by atomic mass is 127. The molecule has 0 amide bonds. The number of hydrogen-bond acceptors (Lipinski definition) is 2. The average molecular weight is 401 g/mol. The summed E-state index contributed by atoms with van der Waals surface area (Å²) in [6.45, 7) is 4.34. The topological polar surface area (TPSA) is 43.8 Å². The van der Waals surface area contributed by atoms with Crippen molar-refractivity contribution < 1.29 is 4.39 Å². The van der Waals surface area contributed by atoms with Crippen molar-refractivity contribution in [1.29, 1.82) is 0 Å². The van der Waals surface area contributed by atoms with Crippen molar-refractivity contribution in [3.05, 3.63) is 51.1 Å². The van der Waals surface area contributed by atoms with E-state index < -0.39 is 0 Å². The maximum absolute atomic E-state index is 13.1. The van der Waals surface area contributed by atoms with E-state index in [0.29, 0.717) is 12.5 Å². The van der Waals surface area contributed by atoms with Crippen molar-refractivity contribution >= 4 is 22.6 Å². The summed E-state index contributed by atoms with van der Waals surface area (Å²) >= 11 is 2.13. The van der Waals surface area contributed by atoms with Crippen LogP contribution in [0.15, 0.2) is 30.5 Å². The van der Waals surface area contributed by atoms with Gasteiger partial charge in [-0.2, -0.15) is 5.10 Å². The van der Waals surface area contributed by atoms with Crippen molar-refractivity contribution in [3.63, 3.8) is 0 Å². The Morgan fingerprint density at radius 3 is 2.62 bits per heavy atom. The number of benzene rings is 1. The van der Waals surface area contributed by atoms with Crippen LogP contribution in [0.3, 0.4) is 0 Å². The summed E-state index contributed by atoms with van der Waals surface area (Å²) in [5.41, 5.74) is 8.20. The summed E-state index contributed by atoms with van der Waals surface area (Å²) in [6, 6.07) is 7.04. The zero-order chi connectivity index (χ0) is 15.4. The third-order valence-corrected chi connectivity index (χ3v) is 4.71. The predicted octanol–water partition coefficient (Wildman–Crippen LogP) is 4.23. The highest BCUT2D eigenvalue weighted by molar-refractivity contribution is 14.1. The molecule has 0 aliphatic rings. The molecule has 2 rings (SSSR count). The van der Waals surface area contributed by atoms with E-state index in [4.69, 9.17) is 5.73 Å². The molecule has 2 aromatic rings. The van der Waals surface area contributed by atoms with E-state index in [-0.39, 0.29) is 11.9 Å². The Morgan fingerprint density at radius 2 is 2.00 bits per heavy atom. The summed E-state index contributed by atoms with van der Waals surface area (Å²) in [7, 11) is 0. The number of aromatic nitrogens is 2. The second-order valence-electron chi connectivity index (χ2n) is 5.23. The van der Waals surface area contributed by atoms with Crippen LogP contribution in [0.4, 0.5) is 4.39 Å². The van der Waals surface area contributed by atoms with E-state index in [1.807, 2.05) is 16.9 Å². The number of hydrogen-bond donors (Lipinski definition) is 1. The van der Waals surface area contributed by atoms with Crippen LogP contribution >= 0.6 is 22.6 Å². The molecule has 1 aromatic carbocycles. The maximum atomic E-state index is 13.1. The van der Waals surface area contributed by atoms with Crippen molar-refractivity contribution in [1.82, 2.24) is 9.78 Å². The van der Waals surface area contributed by atoms with Crippen molar-refractivity contribution in [2.45, 2.75) is 45.2 Å². The SMILES string of the molecule is CCC(CC)n1ccc(CC(N)c2ccc(F)cc2I)n1. The zero-order valence-corrected chi connectivity index (χ0v) is 14.5. The lowest BCUT2D eigenvalue weighted by molar-refractivity contribution is 0.424. The zero-order valence-electron chi connectivity index (χ0n) is 12.4. The van der Waals surface area contributed by atoms with Crippen molar-refractivity contribution in [3.8, 4) is 0 Å². The molecular weight excluding hydrogens is 380 g/mol. The maximum Gasteiger partial charge on any atom is 0.124 e. The monoisotopic (exact) mass is 401 g/mol. The molecule has 0 radical (unpaired) electrons. The Hall–Kier alpha value is -0.950. The lowest BCUT2D eigenvalue weighted by atomic mass is 10.0. The summed E-state index contributed by atoms with van der Waals surface area (Å²) in [5, 5.41) is 4.63. The van der Waals surface area contributed by atoms with Gasteiger partial charge in [-0.3, -0.25) is 4.68 Å². The second-order valence-corrected chi connectivity index (χ2v) is 6.40. The molecule has 0 bridgehead atoms. The lowest BCUT2D eigenvalue weighted by Crippen LogP contribution is -2.16. The van der Waals surface area contributed by atoms with Gasteiger partial charge in [0.05, 0.1) is 11.7 Å². The fourth-order valence-corrected chi connectivity index (χ4v) is 3.37. The predicted molar refractivity (Wildman–Crippen MR) is 91.6 cm³/mol. The first-order valence-corrected chi connectivity index (χ1v) is 8.37. The Labute approximate surface area is 138 Å². The molecule has 1 unspecified atom stereocenters. The molecule has 1 atom stereocenters. The number of nitrogens with zero attached hydrogens (tertiary/aromatic N) is 2. The number of halogens is 2. The lowest BCUT2D eigenvalue weighted by Gasteiger charge is -2.14. The molecule has 5 heteroatoms. The van der Waals surface area contributed by atoms with Gasteiger partial charge in [-0.05, 0) is 59.2 Å². The van der Waals surface area contributed by atoms with Gasteiger partial charge in [-0.25, -0.2) is 4.39 Å². The Balaban J connectivity index is 2.11. The van der Waals surface area contributed by atoms with E-state index >= 15 is 0 Å². The molecule has 0 saturated carbocycles. The minimum Gasteiger partial charge on any atom is -0.324 e. The molecule has 1 heterocycles. The van der Waals surface area contributed by atoms with Crippen LogP contribution in [-0.4, -0.2) is 9.78 Å². The summed E-state index contributed by atoms with van der Waals surface area (Å²) in [4.78, 5) is 0. The molecule has 0 fully saturated rings. The third-order valence-electron chi connectivity index (χ3n) is 3.77. The summed E-state index contributed by atoms with van der Waals surface area (Å²) < 4.78 is 16.0. The second kappa shape index (κ2) is 7.35. The molecule has 0 saturated heterocycles. The molecule has 0 spiro atoms. The fraction of sp³-hybridized carbons (Fsp3) is 0.438. The quantitative estimate of drug-likeness (QED) is 0.737. The normalized spacial score (nSPS) is 12.9. The highest BCUT2D eigenvalue weighted by Crippen LogP contribution is 2.23. The van der Waals surface area contributed by atoms with Crippen molar-refractivity contribution in [2.24, 2.45) is 5.73 Å². The van der Waals surface area contributed by atoms with Gasteiger partial charge in [0.15, 0.2) is 0 Å². The standard InChI is InChI=1S/C16H21FIN3/c1-3-13(4-2)21-8-7-12(20-21)10-16(19)14-6-5-11(17)9-15(14)18/h5-9,13,16H,3-4,10,19H2,1-2H3. The van der Waals surface area contributed by atoms with Crippen LogP contribution in [0.2, 0.25) is 0 Å². The van der Waals surface area contributed by atoms with Gasteiger partial charge in [-0.15, -0.1) is 0 Å². The molecule has 3 nitrogen and oxygen atoms in total. The van der Waals surface area contributed by atoms with E-state index in [2.05, 4.69) is 41.5 Å². The fourth-order valence-electron chi connectivity index (χ4n) is 2.49. The molecule has 2 N–H and O–H groups in total. The Bertz CT molecular complexity index is 593. The van der Waals surface area contributed by atoms with E-state index in [0.717, 1.165) is 27.7 Å². The average Bonchev–Trinajstić information content (AvgIpc) is 2.88. The third kappa shape index (κ3) is 4.03. The molecule has 0 aliphatic heterocycles. The van der Waals surface area contributed by atoms with Gasteiger partial charge >= 0.3 is 0 Å². The molecule has 1 aromatic heterocycles. The van der Waals surface area contributed by atoms with Crippen LogP contribution in [0.1, 0.15) is 50.0 Å². The highest BCUT2D eigenvalue weighted by Gasteiger charge is 2.14. The van der Waals surface area contributed by atoms with Gasteiger partial charge in [-0.1, -0.05) is 19.9 Å². The van der Waals surface area contributed by atoms with Gasteiger partial charge < -0.3 is 5.73 Å². The van der Waals surface area contributed by atoms with Crippen LogP contribution < -0.4 is 5.73 Å². The minimum absolute atomic E-state index is 0.164. The van der Waals surface area contributed by atoms with E-state index in [1.54, 1.807) is 6.07 Å². The molecule has 0 aliphatic carbocycles. The first-order chi connectivity index (χ1) is 10.0. The first kappa shape index (κ1) is 16.4. The minimum atomic E-state index is -0.228. The smallest absolute Gasteiger partial charge is 0.124 e. The van der Waals surface area contributed by atoms with Crippen molar-refractivity contribution in [2.75, 3.05) is 0 Å². The van der Waals surface area contributed by atoms with Gasteiger partial charge in [0.1, 0.15) is 5.82 Å². The Kier molecular flexibility index (Phi) is 5.75. The number of rotatable bonds is 6. The van der Waals surface area contributed by atoms with Crippen LogP contribution in [-0.2, 0) is 6.42 Å². The van der Waals surface area contributed by atoms with Gasteiger partial charge in [0.2, 0.25) is 0 Å². The van der Waals surface area contributed by atoms with Gasteiger partial charge in [0, 0.05) is 22.2 Å².